The molecule has 8 nitrogen and oxygen atoms in total. The van der Waals surface area contributed by atoms with Gasteiger partial charge < -0.3 is 25.4 Å². The summed E-state index contributed by atoms with van der Waals surface area (Å²) in [5.74, 6) is -1.11. The summed E-state index contributed by atoms with van der Waals surface area (Å²) in [6.45, 7) is 2.85. The van der Waals surface area contributed by atoms with Crippen molar-refractivity contribution >= 4 is 35.9 Å². The molecule has 138 valence electrons. The molecule has 2 amide bonds. The zero-order valence-electron chi connectivity index (χ0n) is 14.0. The van der Waals surface area contributed by atoms with Crippen molar-refractivity contribution in [3.05, 3.63) is 29.8 Å². The zero-order chi connectivity index (χ0) is 17.5. The highest BCUT2D eigenvalue weighted by atomic mass is 35.5. The van der Waals surface area contributed by atoms with Crippen LogP contribution in [0.5, 0.6) is 0 Å². The normalized spacial score (nSPS) is 19.3. The Labute approximate surface area is 152 Å². The molecule has 0 aromatic heterocycles. The van der Waals surface area contributed by atoms with E-state index in [0.717, 1.165) is 0 Å². The topological polar surface area (TPSA) is 106 Å². The third kappa shape index (κ3) is 6.00. The lowest BCUT2D eigenvalue weighted by Crippen LogP contribution is -2.53. The highest BCUT2D eigenvalue weighted by Gasteiger charge is 2.28. The number of anilines is 1. The largest absolute Gasteiger partial charge is 0.468 e. The highest BCUT2D eigenvalue weighted by molar-refractivity contribution is 5.98. The molecule has 1 aromatic rings. The van der Waals surface area contributed by atoms with E-state index in [1.54, 1.807) is 24.3 Å². The Bertz CT molecular complexity index is 608. The summed E-state index contributed by atoms with van der Waals surface area (Å²) < 4.78 is 9.89. The first kappa shape index (κ1) is 20.9. The fourth-order valence-electron chi connectivity index (χ4n) is 2.28. The standard InChI is InChI=1S/C16H21N3O5.ClH/c1-10-14(17-7-8-24-10)16(22)19-12-5-3-11(4-6-12)15(21)18-9-13(20)23-2;/h3-6,10,14,17H,7-9H2,1-2H3,(H,18,21)(H,19,22);1H/t10-,14+;/m1./s1. The minimum Gasteiger partial charge on any atom is -0.468 e. The van der Waals surface area contributed by atoms with E-state index in [4.69, 9.17) is 4.74 Å². The van der Waals surface area contributed by atoms with Gasteiger partial charge >= 0.3 is 5.97 Å². The fraction of sp³-hybridized carbons (Fsp3) is 0.438. The molecule has 0 bridgehead atoms. The second-order valence-electron chi connectivity index (χ2n) is 5.33. The molecule has 0 unspecified atom stereocenters. The second kappa shape index (κ2) is 9.97. The lowest BCUT2D eigenvalue weighted by Gasteiger charge is -2.29. The predicted molar refractivity (Wildman–Crippen MR) is 93.9 cm³/mol. The number of morpholine rings is 1. The number of ether oxygens (including phenoxy) is 2. The molecular weight excluding hydrogens is 350 g/mol. The molecular formula is C16H22ClN3O5. The molecule has 0 aliphatic carbocycles. The number of methoxy groups -OCH3 is 1. The van der Waals surface area contributed by atoms with Crippen LogP contribution in [-0.4, -0.2) is 56.7 Å². The van der Waals surface area contributed by atoms with E-state index in [0.29, 0.717) is 24.4 Å². The first-order valence-electron chi connectivity index (χ1n) is 7.62. The van der Waals surface area contributed by atoms with Crippen LogP contribution in [0, 0.1) is 0 Å². The first-order valence-corrected chi connectivity index (χ1v) is 7.62. The summed E-state index contributed by atoms with van der Waals surface area (Å²) in [5, 5.41) is 8.33. The molecule has 1 aromatic carbocycles. The van der Waals surface area contributed by atoms with Gasteiger partial charge in [-0.2, -0.15) is 0 Å². The summed E-state index contributed by atoms with van der Waals surface area (Å²) >= 11 is 0. The molecule has 1 heterocycles. The van der Waals surface area contributed by atoms with E-state index < -0.39 is 17.9 Å². The van der Waals surface area contributed by atoms with Crippen molar-refractivity contribution in [2.75, 3.05) is 32.1 Å². The van der Waals surface area contributed by atoms with Crippen LogP contribution in [0.1, 0.15) is 17.3 Å². The number of carbonyl (C=O) groups is 3. The molecule has 0 spiro atoms. The van der Waals surface area contributed by atoms with Crippen molar-refractivity contribution < 1.29 is 23.9 Å². The number of hydrogen-bond acceptors (Lipinski definition) is 6. The predicted octanol–water partition coefficient (Wildman–Crippen LogP) is 0.327. The summed E-state index contributed by atoms with van der Waals surface area (Å²) in [6, 6.07) is 5.97. The maximum absolute atomic E-state index is 12.2. The Kier molecular flexibility index (Phi) is 8.33. The number of benzene rings is 1. The molecule has 25 heavy (non-hydrogen) atoms. The zero-order valence-corrected chi connectivity index (χ0v) is 14.9. The molecule has 2 atom stereocenters. The molecule has 0 radical (unpaired) electrons. The van der Waals surface area contributed by atoms with Gasteiger partial charge in [-0.25, -0.2) is 0 Å². The third-order valence-electron chi connectivity index (χ3n) is 3.63. The summed E-state index contributed by atoms with van der Waals surface area (Å²) in [4.78, 5) is 35.1. The van der Waals surface area contributed by atoms with E-state index in [2.05, 4.69) is 20.7 Å². The number of carbonyl (C=O) groups excluding carboxylic acids is 3. The minimum absolute atomic E-state index is 0. The van der Waals surface area contributed by atoms with Crippen molar-refractivity contribution in [1.29, 1.82) is 0 Å². The van der Waals surface area contributed by atoms with Crippen LogP contribution in [0.25, 0.3) is 0 Å². The average Bonchev–Trinajstić information content (AvgIpc) is 2.60. The quantitative estimate of drug-likeness (QED) is 0.644. The maximum Gasteiger partial charge on any atom is 0.325 e. The number of rotatable bonds is 5. The van der Waals surface area contributed by atoms with Gasteiger partial charge in [-0.15, -0.1) is 12.4 Å². The van der Waals surface area contributed by atoms with Crippen molar-refractivity contribution in [1.82, 2.24) is 10.6 Å². The number of nitrogens with one attached hydrogen (secondary N) is 3. The van der Waals surface area contributed by atoms with Crippen molar-refractivity contribution in [2.45, 2.75) is 19.1 Å². The van der Waals surface area contributed by atoms with Gasteiger partial charge in [-0.1, -0.05) is 0 Å². The second-order valence-corrected chi connectivity index (χ2v) is 5.33. The van der Waals surface area contributed by atoms with Gasteiger partial charge in [-0.3, -0.25) is 14.4 Å². The van der Waals surface area contributed by atoms with Crippen molar-refractivity contribution in [2.24, 2.45) is 0 Å². The molecule has 2 rings (SSSR count). The smallest absolute Gasteiger partial charge is 0.325 e. The Morgan fingerprint density at radius 2 is 1.96 bits per heavy atom. The van der Waals surface area contributed by atoms with Crippen LogP contribution in [0.2, 0.25) is 0 Å². The highest BCUT2D eigenvalue weighted by Crippen LogP contribution is 2.12. The molecule has 1 saturated heterocycles. The van der Waals surface area contributed by atoms with Crippen LogP contribution in [-0.2, 0) is 19.1 Å². The molecule has 1 aliphatic rings. The summed E-state index contributed by atoms with van der Waals surface area (Å²) in [5.41, 5.74) is 0.952. The Morgan fingerprint density at radius 3 is 2.56 bits per heavy atom. The summed E-state index contributed by atoms with van der Waals surface area (Å²) in [6.07, 6.45) is -0.206. The lowest BCUT2D eigenvalue weighted by molar-refractivity contribution is -0.139. The van der Waals surface area contributed by atoms with Crippen molar-refractivity contribution in [3.8, 4) is 0 Å². The molecule has 3 N–H and O–H groups in total. The van der Waals surface area contributed by atoms with Gasteiger partial charge in [0.15, 0.2) is 0 Å². The number of esters is 1. The Morgan fingerprint density at radius 1 is 1.28 bits per heavy atom. The van der Waals surface area contributed by atoms with Gasteiger partial charge in [-0.05, 0) is 31.2 Å². The SMILES string of the molecule is COC(=O)CNC(=O)c1ccc(NC(=O)[C@H]2NCCO[C@@H]2C)cc1.Cl. The van der Waals surface area contributed by atoms with Crippen LogP contribution in [0.3, 0.4) is 0 Å². The first-order chi connectivity index (χ1) is 11.5. The summed E-state index contributed by atoms with van der Waals surface area (Å²) in [7, 11) is 1.25. The Hall–Kier alpha value is -2.16. The molecule has 0 saturated carbocycles. The third-order valence-corrected chi connectivity index (χ3v) is 3.63. The van der Waals surface area contributed by atoms with Gasteiger partial charge in [0.2, 0.25) is 5.91 Å². The van der Waals surface area contributed by atoms with Gasteiger partial charge in [0.05, 0.1) is 19.8 Å². The van der Waals surface area contributed by atoms with Crippen LogP contribution < -0.4 is 16.0 Å². The Balaban J connectivity index is 0.00000312. The van der Waals surface area contributed by atoms with Crippen LogP contribution in [0.15, 0.2) is 24.3 Å². The minimum atomic E-state index is -0.524. The molecule has 1 fully saturated rings. The van der Waals surface area contributed by atoms with E-state index in [1.165, 1.54) is 7.11 Å². The van der Waals surface area contributed by atoms with E-state index in [1.807, 2.05) is 6.92 Å². The van der Waals surface area contributed by atoms with Gasteiger partial charge in [0.1, 0.15) is 12.6 Å². The molecule has 9 heteroatoms. The maximum atomic E-state index is 12.2. The number of hydrogen-bond donors (Lipinski definition) is 3. The fourth-order valence-corrected chi connectivity index (χ4v) is 2.28. The van der Waals surface area contributed by atoms with Gasteiger partial charge in [0, 0.05) is 17.8 Å². The number of amides is 2. The van der Waals surface area contributed by atoms with Crippen LogP contribution in [0.4, 0.5) is 5.69 Å². The van der Waals surface area contributed by atoms with E-state index in [-0.39, 0.29) is 31.0 Å². The number of halogens is 1. The van der Waals surface area contributed by atoms with Crippen LogP contribution >= 0.6 is 12.4 Å². The van der Waals surface area contributed by atoms with Gasteiger partial charge in [0.25, 0.3) is 5.91 Å². The average molecular weight is 372 g/mol. The monoisotopic (exact) mass is 371 g/mol. The lowest BCUT2D eigenvalue weighted by atomic mass is 10.1. The van der Waals surface area contributed by atoms with Crippen molar-refractivity contribution in [3.63, 3.8) is 0 Å². The molecule has 1 aliphatic heterocycles. The van der Waals surface area contributed by atoms with E-state index >= 15 is 0 Å². The van der Waals surface area contributed by atoms with E-state index in [9.17, 15) is 14.4 Å².